The van der Waals surface area contributed by atoms with Gasteiger partial charge in [-0.2, -0.15) is 0 Å². The Morgan fingerprint density at radius 1 is 0.256 bits per heavy atom. The van der Waals surface area contributed by atoms with Gasteiger partial charge in [-0.1, -0.05) is 295 Å². The first-order chi connectivity index (χ1) is 40.5. The lowest BCUT2D eigenvalue weighted by Gasteiger charge is -2.18. The Balaban J connectivity index is 4.44. The fourth-order valence-electron chi connectivity index (χ4n) is 9.08. The molecule has 0 radical (unpaired) electrons. The van der Waals surface area contributed by atoms with Crippen LogP contribution < -0.4 is 0 Å². The summed E-state index contributed by atoms with van der Waals surface area (Å²) in [6, 6.07) is 0. The number of carbonyl (C=O) groups excluding carboxylic acids is 3. The van der Waals surface area contributed by atoms with Crippen molar-refractivity contribution >= 4 is 17.9 Å². The molecule has 0 aliphatic carbocycles. The molecule has 0 rings (SSSR count). The fourth-order valence-corrected chi connectivity index (χ4v) is 9.08. The topological polar surface area (TPSA) is 78.9 Å². The van der Waals surface area contributed by atoms with Crippen molar-refractivity contribution in [3.05, 3.63) is 146 Å². The van der Waals surface area contributed by atoms with E-state index in [9.17, 15) is 14.4 Å². The number of ether oxygens (including phenoxy) is 3. The lowest BCUT2D eigenvalue weighted by atomic mass is 10.0. The second kappa shape index (κ2) is 68.8. The van der Waals surface area contributed by atoms with E-state index in [-0.39, 0.29) is 31.6 Å². The minimum atomic E-state index is -0.829. The van der Waals surface area contributed by atoms with Crippen LogP contribution in [0.2, 0.25) is 0 Å². The number of unbranched alkanes of at least 4 members (excludes halogenated alkanes) is 25. The molecule has 0 bridgehead atoms. The standard InChI is InChI=1S/C76H124O6/c1-4-7-10-13-16-19-22-25-28-31-34-35-36-37-38-39-40-41-43-45-48-51-54-57-60-63-66-69-75(78)81-72-73(71-80-74(77)68-65-62-59-56-53-50-47-44-33-30-27-24-21-18-15-12-9-6-3)82-76(79)70-67-64-61-58-55-52-49-46-42-32-29-26-23-20-17-14-11-8-5-2/h7-8,10-11,16-17,19-21,24-26,28-30,33-35,42,46,52,55,61,64,73H,4-6,9,12-15,18,22-23,27,31-32,36-41,43-45,47-51,53-54,56-60,62-63,65-72H2,1-3H3/b10-7-,11-8-,19-16-,20-17-,24-21-,28-25-,29-26-,33-30-,35-34-,46-42-,55-52-,64-61-. The van der Waals surface area contributed by atoms with Crippen LogP contribution >= 0.6 is 0 Å². The molecule has 0 aliphatic rings. The molecule has 0 amide bonds. The Morgan fingerprint density at radius 2 is 0.500 bits per heavy atom. The molecule has 464 valence electrons. The number of allylic oxidation sites excluding steroid dienone is 24. The molecule has 0 saturated carbocycles. The second-order valence-corrected chi connectivity index (χ2v) is 22.0. The van der Waals surface area contributed by atoms with Gasteiger partial charge in [-0.15, -0.1) is 0 Å². The molecular formula is C76H124O6. The lowest BCUT2D eigenvalue weighted by molar-refractivity contribution is -0.166. The van der Waals surface area contributed by atoms with Crippen molar-refractivity contribution in [1.29, 1.82) is 0 Å². The van der Waals surface area contributed by atoms with Crippen LogP contribution in [0.3, 0.4) is 0 Å². The number of hydrogen-bond acceptors (Lipinski definition) is 6. The Morgan fingerprint density at radius 3 is 0.793 bits per heavy atom. The number of esters is 3. The van der Waals surface area contributed by atoms with Crippen LogP contribution in [-0.4, -0.2) is 37.2 Å². The second-order valence-electron chi connectivity index (χ2n) is 22.0. The molecule has 0 aromatic rings. The molecule has 0 N–H and O–H groups in total. The van der Waals surface area contributed by atoms with Crippen LogP contribution in [0.1, 0.15) is 297 Å². The summed E-state index contributed by atoms with van der Waals surface area (Å²) in [4.78, 5) is 38.4. The van der Waals surface area contributed by atoms with E-state index in [2.05, 4.69) is 161 Å². The van der Waals surface area contributed by atoms with Crippen molar-refractivity contribution in [3.63, 3.8) is 0 Å². The molecule has 1 unspecified atom stereocenters. The third-order valence-electron chi connectivity index (χ3n) is 14.1. The van der Waals surface area contributed by atoms with E-state index in [0.717, 1.165) is 116 Å². The zero-order chi connectivity index (χ0) is 59.2. The molecule has 6 heteroatoms. The molecular weight excluding hydrogens is 1010 g/mol. The predicted octanol–water partition coefficient (Wildman–Crippen LogP) is 23.5. The molecule has 0 aliphatic heterocycles. The van der Waals surface area contributed by atoms with Crippen molar-refractivity contribution in [2.24, 2.45) is 0 Å². The maximum atomic E-state index is 12.9. The van der Waals surface area contributed by atoms with E-state index in [4.69, 9.17) is 14.2 Å². The van der Waals surface area contributed by atoms with Crippen molar-refractivity contribution < 1.29 is 28.6 Å². The normalized spacial score (nSPS) is 13.1. The van der Waals surface area contributed by atoms with E-state index in [0.29, 0.717) is 19.3 Å². The van der Waals surface area contributed by atoms with Gasteiger partial charge in [0.25, 0.3) is 0 Å². The lowest BCUT2D eigenvalue weighted by Crippen LogP contribution is -2.30. The van der Waals surface area contributed by atoms with Crippen molar-refractivity contribution in [3.8, 4) is 0 Å². The summed E-state index contributed by atoms with van der Waals surface area (Å²) in [5.74, 6) is -1.00. The molecule has 0 heterocycles. The van der Waals surface area contributed by atoms with E-state index in [1.54, 1.807) is 0 Å². The summed E-state index contributed by atoms with van der Waals surface area (Å²) < 4.78 is 16.9. The highest BCUT2D eigenvalue weighted by Crippen LogP contribution is 2.16. The maximum Gasteiger partial charge on any atom is 0.306 e. The van der Waals surface area contributed by atoms with Crippen molar-refractivity contribution in [2.45, 2.75) is 303 Å². The Hall–Kier alpha value is -4.71. The highest BCUT2D eigenvalue weighted by atomic mass is 16.6. The summed E-state index contributed by atoms with van der Waals surface area (Å²) in [5, 5.41) is 0. The SMILES string of the molecule is CC/C=C\C/C=C\C/C=C\C/C=C\C/C=C\C/C=C\CCC(=O)OC(COC(=O)CCCCCCCCC/C=C\C/C=C\CCCCCC)COC(=O)CCCCCCCCCCCCCCCC/C=C\C/C=C\C/C=C\C/C=C\CC. The van der Waals surface area contributed by atoms with Crippen LogP contribution in [0.15, 0.2) is 146 Å². The van der Waals surface area contributed by atoms with Crippen molar-refractivity contribution in [2.75, 3.05) is 13.2 Å². The first kappa shape index (κ1) is 77.3. The average Bonchev–Trinajstić information content (AvgIpc) is 3.47. The molecule has 0 aromatic carbocycles. The van der Waals surface area contributed by atoms with Crippen LogP contribution in [-0.2, 0) is 28.6 Å². The van der Waals surface area contributed by atoms with E-state index in [1.807, 2.05) is 6.08 Å². The van der Waals surface area contributed by atoms with Gasteiger partial charge in [0.15, 0.2) is 6.10 Å². The smallest absolute Gasteiger partial charge is 0.306 e. The summed E-state index contributed by atoms with van der Waals surface area (Å²) >= 11 is 0. The quantitative estimate of drug-likeness (QED) is 0.0261. The third kappa shape index (κ3) is 66.1. The summed E-state index contributed by atoms with van der Waals surface area (Å²) in [7, 11) is 0. The first-order valence-electron chi connectivity index (χ1n) is 33.8. The molecule has 0 fully saturated rings. The highest BCUT2D eigenvalue weighted by Gasteiger charge is 2.19. The summed E-state index contributed by atoms with van der Waals surface area (Å²) in [5.41, 5.74) is 0. The summed E-state index contributed by atoms with van der Waals surface area (Å²) in [6.07, 6.45) is 98.7. The average molecular weight is 1130 g/mol. The largest absolute Gasteiger partial charge is 0.462 e. The zero-order valence-corrected chi connectivity index (χ0v) is 53.2. The van der Waals surface area contributed by atoms with Crippen LogP contribution in [0.25, 0.3) is 0 Å². The molecule has 0 saturated heterocycles. The van der Waals surface area contributed by atoms with Crippen LogP contribution in [0.4, 0.5) is 0 Å². The van der Waals surface area contributed by atoms with Gasteiger partial charge in [0.2, 0.25) is 0 Å². The Bertz CT molecular complexity index is 1780. The molecule has 0 spiro atoms. The molecule has 6 nitrogen and oxygen atoms in total. The van der Waals surface area contributed by atoms with Crippen LogP contribution in [0.5, 0.6) is 0 Å². The van der Waals surface area contributed by atoms with Gasteiger partial charge in [-0.05, 0) is 128 Å². The summed E-state index contributed by atoms with van der Waals surface area (Å²) in [6.45, 7) is 6.35. The van der Waals surface area contributed by atoms with Gasteiger partial charge >= 0.3 is 17.9 Å². The predicted molar refractivity (Wildman–Crippen MR) is 357 cm³/mol. The minimum absolute atomic E-state index is 0.115. The van der Waals surface area contributed by atoms with Gasteiger partial charge in [-0.3, -0.25) is 14.4 Å². The molecule has 0 aromatic heterocycles. The Kier molecular flexibility index (Phi) is 64.8. The number of hydrogen-bond donors (Lipinski definition) is 0. The van der Waals surface area contributed by atoms with Gasteiger partial charge in [0.05, 0.1) is 0 Å². The third-order valence-corrected chi connectivity index (χ3v) is 14.1. The van der Waals surface area contributed by atoms with E-state index in [1.165, 1.54) is 135 Å². The monoisotopic (exact) mass is 1130 g/mol. The number of carbonyl (C=O) groups is 3. The Labute approximate surface area is 506 Å². The van der Waals surface area contributed by atoms with E-state index < -0.39 is 12.1 Å². The molecule has 1 atom stereocenters. The first-order valence-corrected chi connectivity index (χ1v) is 33.8. The number of rotatable bonds is 60. The zero-order valence-electron chi connectivity index (χ0n) is 53.2. The minimum Gasteiger partial charge on any atom is -0.462 e. The van der Waals surface area contributed by atoms with E-state index >= 15 is 0 Å². The van der Waals surface area contributed by atoms with Gasteiger partial charge in [-0.25, -0.2) is 0 Å². The van der Waals surface area contributed by atoms with Crippen molar-refractivity contribution in [1.82, 2.24) is 0 Å². The van der Waals surface area contributed by atoms with Gasteiger partial charge < -0.3 is 14.2 Å². The fraction of sp³-hybridized carbons (Fsp3) is 0.645. The van der Waals surface area contributed by atoms with Gasteiger partial charge in [0, 0.05) is 19.3 Å². The molecule has 82 heavy (non-hydrogen) atoms. The maximum absolute atomic E-state index is 12.9. The van der Waals surface area contributed by atoms with Gasteiger partial charge in [0.1, 0.15) is 13.2 Å². The van der Waals surface area contributed by atoms with Crippen LogP contribution in [0, 0.1) is 0 Å². The highest BCUT2D eigenvalue weighted by molar-refractivity contribution is 5.71.